The average molecular weight is 365 g/mol. The summed E-state index contributed by atoms with van der Waals surface area (Å²) >= 11 is 6.40. The molecule has 0 aliphatic carbocycles. The van der Waals surface area contributed by atoms with Crippen molar-refractivity contribution in [2.24, 2.45) is 0 Å². The first-order valence-corrected chi connectivity index (χ1v) is 8.77. The van der Waals surface area contributed by atoms with Crippen LogP contribution < -0.4 is 10.2 Å². The molecule has 1 heterocycles. The predicted molar refractivity (Wildman–Crippen MR) is 97.6 cm³/mol. The molecule has 4 nitrogen and oxygen atoms in total. The summed E-state index contributed by atoms with van der Waals surface area (Å²) < 4.78 is 18.4. The summed E-state index contributed by atoms with van der Waals surface area (Å²) in [6.45, 7) is 4.01. The minimum absolute atomic E-state index is 0.310. The van der Waals surface area contributed by atoms with Gasteiger partial charge in [-0.15, -0.1) is 0 Å². The summed E-state index contributed by atoms with van der Waals surface area (Å²) in [5.41, 5.74) is 2.79. The van der Waals surface area contributed by atoms with Gasteiger partial charge in [-0.1, -0.05) is 29.8 Å². The molecule has 0 spiro atoms. The lowest BCUT2D eigenvalue weighted by Crippen LogP contribution is -2.37. The van der Waals surface area contributed by atoms with E-state index in [4.69, 9.17) is 16.3 Å². The Labute approximate surface area is 152 Å². The third-order valence-corrected chi connectivity index (χ3v) is 4.69. The number of aliphatic hydroxyl groups excluding tert-OH is 1. The molecule has 1 atom stereocenters. The summed E-state index contributed by atoms with van der Waals surface area (Å²) in [6.07, 6.45) is -0.699. The van der Waals surface area contributed by atoms with Gasteiger partial charge in [0.15, 0.2) is 0 Å². The van der Waals surface area contributed by atoms with Crippen LogP contribution in [0, 0.1) is 5.82 Å². The van der Waals surface area contributed by atoms with Crippen molar-refractivity contribution in [3.05, 3.63) is 64.4 Å². The molecule has 0 aromatic heterocycles. The molecule has 0 bridgehead atoms. The molecule has 3 rings (SSSR count). The molecule has 1 aliphatic heterocycles. The van der Waals surface area contributed by atoms with Crippen molar-refractivity contribution in [3.8, 4) is 0 Å². The first-order chi connectivity index (χ1) is 12.1. The van der Waals surface area contributed by atoms with Crippen LogP contribution in [0.1, 0.15) is 17.2 Å². The fraction of sp³-hybridized carbons (Fsp3) is 0.368. The molecule has 2 aromatic rings. The zero-order valence-corrected chi connectivity index (χ0v) is 14.7. The lowest BCUT2D eigenvalue weighted by atomic mass is 10.1. The molecule has 1 fully saturated rings. The van der Waals surface area contributed by atoms with Gasteiger partial charge in [0.1, 0.15) is 5.82 Å². The maximum Gasteiger partial charge on any atom is 0.123 e. The van der Waals surface area contributed by atoms with Crippen molar-refractivity contribution >= 4 is 17.3 Å². The molecule has 0 unspecified atom stereocenters. The van der Waals surface area contributed by atoms with Crippen molar-refractivity contribution in [2.75, 3.05) is 37.7 Å². The van der Waals surface area contributed by atoms with Crippen molar-refractivity contribution in [1.29, 1.82) is 0 Å². The van der Waals surface area contributed by atoms with Crippen molar-refractivity contribution in [1.82, 2.24) is 5.32 Å². The Morgan fingerprint density at radius 2 is 1.88 bits per heavy atom. The molecular formula is C19H22ClFN2O2. The molecule has 0 amide bonds. The monoisotopic (exact) mass is 364 g/mol. The number of hydrogen-bond donors (Lipinski definition) is 2. The Kier molecular flexibility index (Phi) is 6.26. The number of benzene rings is 2. The van der Waals surface area contributed by atoms with E-state index in [0.717, 1.165) is 24.3 Å². The lowest BCUT2D eigenvalue weighted by molar-refractivity contribution is 0.122. The molecule has 1 saturated heterocycles. The van der Waals surface area contributed by atoms with Crippen LogP contribution in [0.4, 0.5) is 10.1 Å². The van der Waals surface area contributed by atoms with E-state index in [-0.39, 0.29) is 5.82 Å². The standard InChI is InChI=1S/C19H22ClFN2O2/c20-17-2-1-3-18(23-8-10-25-11-9-23)16(17)12-22-13-19(24)14-4-6-15(21)7-5-14/h1-7,19,22,24H,8-13H2/t19-/m0/s1. The SMILES string of the molecule is O[C@@H](CNCc1c(Cl)cccc1N1CCOCC1)c1ccc(F)cc1. The number of ether oxygens (including phenoxy) is 1. The first kappa shape index (κ1) is 18.1. The number of halogens is 2. The molecular weight excluding hydrogens is 343 g/mol. The Morgan fingerprint density at radius 1 is 1.16 bits per heavy atom. The smallest absolute Gasteiger partial charge is 0.123 e. The Morgan fingerprint density at radius 3 is 2.60 bits per heavy atom. The second kappa shape index (κ2) is 8.63. The largest absolute Gasteiger partial charge is 0.387 e. The van der Waals surface area contributed by atoms with E-state index in [9.17, 15) is 9.50 Å². The van der Waals surface area contributed by atoms with Gasteiger partial charge >= 0.3 is 0 Å². The Hall–Kier alpha value is -1.66. The summed E-state index contributed by atoms with van der Waals surface area (Å²) in [5, 5.41) is 14.2. The van der Waals surface area contributed by atoms with Gasteiger partial charge in [0, 0.05) is 42.5 Å². The molecule has 2 N–H and O–H groups in total. The summed E-state index contributed by atoms with van der Waals surface area (Å²) in [6, 6.07) is 11.8. The van der Waals surface area contributed by atoms with Crippen LogP contribution in [0.3, 0.4) is 0 Å². The van der Waals surface area contributed by atoms with Gasteiger partial charge in [-0.05, 0) is 29.8 Å². The topological polar surface area (TPSA) is 44.7 Å². The fourth-order valence-electron chi connectivity index (χ4n) is 2.96. The minimum Gasteiger partial charge on any atom is -0.387 e. The van der Waals surface area contributed by atoms with E-state index in [1.807, 2.05) is 12.1 Å². The average Bonchev–Trinajstić information content (AvgIpc) is 2.64. The van der Waals surface area contributed by atoms with Gasteiger partial charge in [0.25, 0.3) is 0 Å². The van der Waals surface area contributed by atoms with Crippen LogP contribution in [0.25, 0.3) is 0 Å². The number of aliphatic hydroxyl groups is 1. The number of hydrogen-bond acceptors (Lipinski definition) is 4. The van der Waals surface area contributed by atoms with Crippen LogP contribution in [0.15, 0.2) is 42.5 Å². The third kappa shape index (κ3) is 4.70. The van der Waals surface area contributed by atoms with Crippen LogP contribution in [-0.4, -0.2) is 38.0 Å². The maximum atomic E-state index is 13.0. The number of morpholine rings is 1. The van der Waals surface area contributed by atoms with Crippen molar-refractivity contribution in [3.63, 3.8) is 0 Å². The zero-order chi connectivity index (χ0) is 17.6. The highest BCUT2D eigenvalue weighted by molar-refractivity contribution is 6.31. The van der Waals surface area contributed by atoms with E-state index >= 15 is 0 Å². The summed E-state index contributed by atoms with van der Waals surface area (Å²) in [5.74, 6) is -0.310. The van der Waals surface area contributed by atoms with E-state index in [1.54, 1.807) is 12.1 Å². The zero-order valence-electron chi connectivity index (χ0n) is 13.9. The molecule has 134 valence electrons. The van der Waals surface area contributed by atoms with Crippen molar-refractivity contribution in [2.45, 2.75) is 12.6 Å². The highest BCUT2D eigenvalue weighted by Crippen LogP contribution is 2.28. The quantitative estimate of drug-likeness (QED) is 0.826. The van der Waals surface area contributed by atoms with Crippen molar-refractivity contribution < 1.29 is 14.2 Å². The molecule has 0 saturated carbocycles. The normalized spacial score (nSPS) is 16.0. The van der Waals surface area contributed by atoms with E-state index in [2.05, 4.69) is 16.3 Å². The number of rotatable bonds is 6. The first-order valence-electron chi connectivity index (χ1n) is 8.39. The second-order valence-corrected chi connectivity index (χ2v) is 6.44. The van der Waals surface area contributed by atoms with Gasteiger partial charge < -0.3 is 20.1 Å². The van der Waals surface area contributed by atoms with Crippen LogP contribution >= 0.6 is 11.6 Å². The minimum atomic E-state index is -0.699. The predicted octanol–water partition coefficient (Wildman–Crippen LogP) is 3.14. The van der Waals surface area contributed by atoms with Gasteiger partial charge in [-0.2, -0.15) is 0 Å². The second-order valence-electron chi connectivity index (χ2n) is 6.04. The van der Waals surface area contributed by atoms with E-state index < -0.39 is 6.10 Å². The van der Waals surface area contributed by atoms with Gasteiger partial charge in [0.2, 0.25) is 0 Å². The summed E-state index contributed by atoms with van der Waals surface area (Å²) in [7, 11) is 0. The molecule has 0 radical (unpaired) electrons. The number of anilines is 1. The van der Waals surface area contributed by atoms with Gasteiger partial charge in [-0.25, -0.2) is 4.39 Å². The molecule has 25 heavy (non-hydrogen) atoms. The molecule has 1 aliphatic rings. The molecule has 2 aromatic carbocycles. The van der Waals surface area contributed by atoms with Gasteiger partial charge in [-0.3, -0.25) is 0 Å². The van der Waals surface area contributed by atoms with E-state index in [1.165, 1.54) is 12.1 Å². The maximum absolute atomic E-state index is 13.0. The third-order valence-electron chi connectivity index (χ3n) is 4.34. The number of nitrogens with zero attached hydrogens (tertiary/aromatic N) is 1. The summed E-state index contributed by atoms with van der Waals surface area (Å²) in [4.78, 5) is 2.27. The van der Waals surface area contributed by atoms with Crippen LogP contribution in [0.2, 0.25) is 5.02 Å². The number of nitrogens with one attached hydrogen (secondary N) is 1. The van der Waals surface area contributed by atoms with Crippen LogP contribution in [0.5, 0.6) is 0 Å². The highest BCUT2D eigenvalue weighted by atomic mass is 35.5. The fourth-order valence-corrected chi connectivity index (χ4v) is 3.20. The van der Waals surface area contributed by atoms with Crippen LogP contribution in [-0.2, 0) is 11.3 Å². The Bertz CT molecular complexity index is 690. The lowest BCUT2D eigenvalue weighted by Gasteiger charge is -2.31. The van der Waals surface area contributed by atoms with E-state index in [0.29, 0.717) is 36.9 Å². The van der Waals surface area contributed by atoms with Gasteiger partial charge in [0.05, 0.1) is 19.3 Å². The Balaban J connectivity index is 1.63. The molecule has 6 heteroatoms. The highest BCUT2D eigenvalue weighted by Gasteiger charge is 2.17.